The molecular formula is C134H92F2N6. The van der Waals surface area contributed by atoms with Crippen LogP contribution in [0.5, 0.6) is 0 Å². The van der Waals surface area contributed by atoms with Crippen molar-refractivity contribution in [3.8, 4) is 95.1 Å². The van der Waals surface area contributed by atoms with E-state index in [4.69, 9.17) is 6.57 Å². The minimum Gasteiger partial charge on any atom is -0.310 e. The largest absolute Gasteiger partial charge is 0.310 e. The van der Waals surface area contributed by atoms with Crippen LogP contribution in [-0.2, 0) is 0 Å². The molecule has 0 saturated carbocycles. The van der Waals surface area contributed by atoms with E-state index in [2.05, 4.69) is 434 Å². The van der Waals surface area contributed by atoms with E-state index in [1.807, 2.05) is 84.9 Å². The van der Waals surface area contributed by atoms with E-state index in [0.717, 1.165) is 200 Å². The molecule has 0 amide bonds. The normalized spacial score (nSPS) is 11.3. The molecule has 6 nitrogen and oxygen atoms in total. The molecule has 0 bridgehead atoms. The summed E-state index contributed by atoms with van der Waals surface area (Å²) in [4.78, 5) is 12.6. The molecule has 24 aromatic rings. The summed E-state index contributed by atoms with van der Waals surface area (Å²) in [5.41, 5.74) is 33.5. The molecule has 0 aliphatic rings. The lowest BCUT2D eigenvalue weighted by molar-refractivity contribution is 0.628. The summed E-state index contributed by atoms with van der Waals surface area (Å²) in [7, 11) is 0. The van der Waals surface area contributed by atoms with E-state index in [0.29, 0.717) is 22.6 Å². The maximum Gasteiger partial charge on any atom is 0.187 e. The molecule has 8 heteroatoms. The molecule has 24 aromatic carbocycles. The van der Waals surface area contributed by atoms with Crippen molar-refractivity contribution >= 4 is 139 Å². The number of aryl methyl sites for hydroxylation is 4. The lowest BCUT2D eigenvalue weighted by Crippen LogP contribution is -2.13. The van der Waals surface area contributed by atoms with Crippen LogP contribution in [0.2, 0.25) is 0 Å². The highest BCUT2D eigenvalue weighted by Crippen LogP contribution is 2.54. The van der Waals surface area contributed by atoms with Gasteiger partial charge in [-0.1, -0.05) is 350 Å². The van der Waals surface area contributed by atoms with Gasteiger partial charge in [-0.15, -0.1) is 0 Å². The van der Waals surface area contributed by atoms with Crippen LogP contribution < -0.4 is 19.6 Å². The molecule has 0 aliphatic heterocycles. The number of halogens is 2. The van der Waals surface area contributed by atoms with Gasteiger partial charge >= 0.3 is 0 Å². The molecule has 0 aliphatic carbocycles. The number of benzene rings is 24. The smallest absolute Gasteiger partial charge is 0.187 e. The number of hydrogen-bond acceptors (Lipinski definition) is 5. The Morgan fingerprint density at radius 3 is 0.683 bits per heavy atom. The van der Waals surface area contributed by atoms with Gasteiger partial charge < -0.3 is 19.6 Å². The van der Waals surface area contributed by atoms with Gasteiger partial charge in [-0.25, -0.2) is 13.6 Å². The zero-order chi connectivity index (χ0) is 96.0. The third-order valence-electron chi connectivity index (χ3n) is 27.6. The Labute approximate surface area is 825 Å². The van der Waals surface area contributed by atoms with Crippen molar-refractivity contribution in [2.75, 3.05) is 19.6 Å². The second kappa shape index (κ2) is 37.5. The molecule has 0 N–H and O–H groups in total. The molecule has 0 heterocycles. The minimum absolute atomic E-state index is 0.333. The molecule has 0 saturated heterocycles. The summed E-state index contributed by atoms with van der Waals surface area (Å²) in [6.07, 6.45) is 0. The summed E-state index contributed by atoms with van der Waals surface area (Å²) >= 11 is 0. The average molecular weight is 1820 g/mol. The monoisotopic (exact) mass is 1820 g/mol. The van der Waals surface area contributed by atoms with Crippen LogP contribution in [-0.4, -0.2) is 0 Å². The summed E-state index contributed by atoms with van der Waals surface area (Å²) in [6.45, 7) is 16.2. The van der Waals surface area contributed by atoms with Crippen LogP contribution in [0, 0.1) is 57.2 Å². The van der Waals surface area contributed by atoms with Crippen LogP contribution in [0.15, 0.2) is 485 Å². The second-order valence-corrected chi connectivity index (χ2v) is 36.7. The van der Waals surface area contributed by atoms with Crippen molar-refractivity contribution in [1.29, 1.82) is 5.26 Å². The van der Waals surface area contributed by atoms with Crippen LogP contribution in [0.3, 0.4) is 0 Å². The highest BCUT2D eigenvalue weighted by atomic mass is 19.1. The highest BCUT2D eigenvalue weighted by Gasteiger charge is 2.29. The van der Waals surface area contributed by atoms with E-state index in [1.165, 1.54) is 45.2 Å². The second-order valence-electron chi connectivity index (χ2n) is 36.7. The third kappa shape index (κ3) is 16.8. The average Bonchev–Trinajstić information content (AvgIpc) is 0.721. The number of anilines is 12. The van der Waals surface area contributed by atoms with Gasteiger partial charge in [0.15, 0.2) is 5.69 Å². The predicted molar refractivity (Wildman–Crippen MR) is 592 cm³/mol. The van der Waals surface area contributed by atoms with Gasteiger partial charge in [0.25, 0.3) is 0 Å². The van der Waals surface area contributed by atoms with Gasteiger partial charge in [-0.2, -0.15) is 5.26 Å². The maximum absolute atomic E-state index is 16.6. The number of nitrogens with zero attached hydrogens (tertiary/aromatic N) is 6. The van der Waals surface area contributed by atoms with Crippen LogP contribution >= 0.6 is 0 Å². The summed E-state index contributed by atoms with van der Waals surface area (Å²) in [5.74, 6) is -0.665. The Kier molecular flexibility index (Phi) is 23.1. The van der Waals surface area contributed by atoms with Crippen LogP contribution in [0.4, 0.5) is 82.7 Å². The summed E-state index contributed by atoms with van der Waals surface area (Å²) < 4.78 is 33.2. The standard InChI is InChI=1S/C68H46N4.C66H46F2N2/c1-45-14-20-50(21-15-45)56-38-54(48-10-6-4-7-11-48)40-61(42-56)71(59-30-18-47(44-69)19-31-59)65-36-26-52-25-35-64-66(37-27-53-24-34-63(65)67(52)68(53)64)72(60-32-28-58(70-3)29-33-60)62-41-55(49-12-8-5-9-13-49)39-57(43-62)51-22-16-46(2)17-23-51;1-43-21-25-47(26-22-43)53-37-51(45-13-5-3-6-14-45)39-55(41-53)69(63-19-11-9-17-59(63)67)61-35-31-49-30-34-58-62(36-32-50-29-33-57(61)65(49)66(50)58)70(64-20-12-10-18-60(64)68)56-40-52(46-15-7-4-8-16-46)38-54(42-56)48-27-23-44(2)24-28-48/h4-43H,1-2H3;3-42H,1-2H3. The third-order valence-corrected chi connectivity index (χ3v) is 27.6. The van der Waals surface area contributed by atoms with Crippen molar-refractivity contribution in [3.05, 3.63) is 536 Å². The number of hydrogen-bond donors (Lipinski definition) is 0. The fourth-order valence-corrected chi connectivity index (χ4v) is 20.4. The Morgan fingerprint density at radius 1 is 0.204 bits per heavy atom. The first-order chi connectivity index (χ1) is 69.7. The summed E-state index contributed by atoms with van der Waals surface area (Å²) in [6, 6.07) is 171. The Morgan fingerprint density at radius 2 is 0.430 bits per heavy atom. The van der Waals surface area contributed by atoms with E-state index in [1.54, 1.807) is 12.1 Å². The first-order valence-corrected chi connectivity index (χ1v) is 47.9. The van der Waals surface area contributed by atoms with Gasteiger partial charge in [0, 0.05) is 55.7 Å². The van der Waals surface area contributed by atoms with E-state index in [9.17, 15) is 5.26 Å². The van der Waals surface area contributed by atoms with Gasteiger partial charge in [0.05, 0.1) is 52.3 Å². The molecule has 0 radical (unpaired) electrons. The van der Waals surface area contributed by atoms with Crippen molar-refractivity contribution in [2.24, 2.45) is 0 Å². The quantitative estimate of drug-likeness (QED) is 0.0562. The van der Waals surface area contributed by atoms with Crippen molar-refractivity contribution in [3.63, 3.8) is 0 Å². The topological polar surface area (TPSA) is 41.1 Å². The van der Waals surface area contributed by atoms with Gasteiger partial charge in [-0.05, 0) is 318 Å². The van der Waals surface area contributed by atoms with E-state index < -0.39 is 0 Å². The van der Waals surface area contributed by atoms with Crippen molar-refractivity contribution in [1.82, 2.24) is 0 Å². The minimum atomic E-state index is -0.333. The number of nitriles is 1. The zero-order valence-corrected chi connectivity index (χ0v) is 78.6. The lowest BCUT2D eigenvalue weighted by atomic mass is 9.91. The van der Waals surface area contributed by atoms with Crippen molar-refractivity contribution in [2.45, 2.75) is 27.7 Å². The van der Waals surface area contributed by atoms with Gasteiger partial charge in [0.1, 0.15) is 11.6 Å². The maximum atomic E-state index is 16.6. The molecule has 672 valence electrons. The molecule has 142 heavy (non-hydrogen) atoms. The fourth-order valence-electron chi connectivity index (χ4n) is 20.4. The first-order valence-electron chi connectivity index (χ1n) is 47.9. The summed E-state index contributed by atoms with van der Waals surface area (Å²) in [5, 5.41) is 22.9. The highest BCUT2D eigenvalue weighted by molar-refractivity contribution is 6.30. The Hall–Kier alpha value is -18.6. The Balaban J connectivity index is 0.000000158. The zero-order valence-electron chi connectivity index (χ0n) is 78.6. The van der Waals surface area contributed by atoms with Crippen LogP contribution in [0.1, 0.15) is 27.8 Å². The first kappa shape index (κ1) is 87.4. The Bertz CT molecular complexity index is 8430. The SMILES string of the molecule is Cc1ccc(-c2cc(-c3ccccc3)cc(N(c3ccccc3F)c3ccc4ccc5c(N(c6cc(-c7ccccc7)cc(-c7ccc(C)cc7)c6)c6ccccc6F)ccc6ccc3c4c65)c2)cc1.[C-]#[N+]c1ccc(N(c2cc(-c3ccccc3)cc(-c3ccc(C)cc3)c2)c2ccc3ccc4c(N(c5ccc(C#N)cc5)c5cc(-c6ccccc6)cc(-c6ccc(C)cc6)c5)ccc5ccc2c3c54)cc1. The lowest BCUT2D eigenvalue weighted by Gasteiger charge is -2.30. The molecule has 0 spiro atoms. The molecule has 0 unspecified atom stereocenters. The van der Waals surface area contributed by atoms with Gasteiger partial charge in [-0.3, -0.25) is 0 Å². The van der Waals surface area contributed by atoms with Gasteiger partial charge in [0.2, 0.25) is 0 Å². The molecule has 24 rings (SSSR count). The van der Waals surface area contributed by atoms with Crippen molar-refractivity contribution < 1.29 is 8.78 Å². The number of para-hydroxylation sites is 2. The predicted octanol–water partition coefficient (Wildman–Crippen LogP) is 38.3. The van der Waals surface area contributed by atoms with E-state index in [-0.39, 0.29) is 11.6 Å². The molecule has 0 aromatic heterocycles. The molecule has 0 atom stereocenters. The molecular weight excluding hydrogens is 1730 g/mol. The fraction of sp³-hybridized carbons (Fsp3) is 0.0299. The van der Waals surface area contributed by atoms with E-state index >= 15 is 8.78 Å². The molecule has 0 fully saturated rings. The number of rotatable bonds is 20. The van der Waals surface area contributed by atoms with Crippen LogP contribution in [0.25, 0.3) is 158 Å².